The van der Waals surface area contributed by atoms with E-state index >= 15 is 0 Å². The number of fused-ring (bicyclic) bond motifs is 2. The Labute approximate surface area is 157 Å². The molecule has 0 unspecified atom stereocenters. The Balaban J connectivity index is 1.73. The van der Waals surface area contributed by atoms with Crippen molar-refractivity contribution >= 4 is 10.8 Å². The molecular weight excluding hydrogens is 336 g/mol. The van der Waals surface area contributed by atoms with Crippen LogP contribution in [0.1, 0.15) is 0 Å². The molecule has 4 aromatic carbocycles. The van der Waals surface area contributed by atoms with Gasteiger partial charge in [0.25, 0.3) is 0 Å². The molecule has 1 heterocycles. The van der Waals surface area contributed by atoms with Crippen molar-refractivity contribution in [1.29, 1.82) is 0 Å². The smallest absolute Gasteiger partial charge is 0.231 e. The highest BCUT2D eigenvalue weighted by atomic mass is 16.7. The molecule has 0 bridgehead atoms. The lowest BCUT2D eigenvalue weighted by Gasteiger charge is -2.14. The van der Waals surface area contributed by atoms with Crippen molar-refractivity contribution in [1.82, 2.24) is 0 Å². The molecule has 0 N–H and O–H groups in total. The van der Waals surface area contributed by atoms with Crippen LogP contribution in [0, 0.1) is 0 Å². The molecule has 0 spiro atoms. The number of rotatable bonds is 3. The summed E-state index contributed by atoms with van der Waals surface area (Å²) in [5, 5.41) is 2.43. The average Bonchev–Trinajstić information content (AvgIpc) is 3.21. The summed E-state index contributed by atoms with van der Waals surface area (Å²) in [6, 6.07) is 27.2. The van der Waals surface area contributed by atoms with Crippen molar-refractivity contribution < 1.29 is 14.2 Å². The summed E-state index contributed by atoms with van der Waals surface area (Å²) in [6.07, 6.45) is 0. The Morgan fingerprint density at radius 1 is 0.667 bits per heavy atom. The molecule has 0 atom stereocenters. The first-order chi connectivity index (χ1) is 13.3. The highest BCUT2D eigenvalue weighted by molar-refractivity contribution is 5.96. The van der Waals surface area contributed by atoms with Crippen molar-refractivity contribution in [2.75, 3.05) is 13.9 Å². The molecule has 0 saturated heterocycles. The third kappa shape index (κ3) is 2.77. The van der Waals surface area contributed by atoms with Crippen LogP contribution in [0.15, 0.2) is 78.9 Å². The molecule has 0 radical (unpaired) electrons. The van der Waals surface area contributed by atoms with E-state index in [1.165, 1.54) is 16.3 Å². The fourth-order valence-electron chi connectivity index (χ4n) is 3.55. The van der Waals surface area contributed by atoms with E-state index in [9.17, 15) is 0 Å². The first kappa shape index (κ1) is 15.8. The molecule has 0 saturated carbocycles. The summed E-state index contributed by atoms with van der Waals surface area (Å²) in [4.78, 5) is 0. The van der Waals surface area contributed by atoms with Gasteiger partial charge >= 0.3 is 0 Å². The van der Waals surface area contributed by atoms with Gasteiger partial charge < -0.3 is 14.2 Å². The zero-order chi connectivity index (χ0) is 18.2. The molecule has 0 amide bonds. The van der Waals surface area contributed by atoms with Crippen molar-refractivity contribution in [3.05, 3.63) is 78.9 Å². The maximum Gasteiger partial charge on any atom is 0.231 e. The van der Waals surface area contributed by atoms with Gasteiger partial charge in [-0.2, -0.15) is 0 Å². The lowest BCUT2D eigenvalue weighted by molar-refractivity contribution is 0.174. The number of benzene rings is 4. The van der Waals surface area contributed by atoms with Gasteiger partial charge in [-0.25, -0.2) is 0 Å². The van der Waals surface area contributed by atoms with Gasteiger partial charge in [0.15, 0.2) is 11.5 Å². The van der Waals surface area contributed by atoms with Crippen LogP contribution in [0.4, 0.5) is 0 Å². The monoisotopic (exact) mass is 354 g/mol. The van der Waals surface area contributed by atoms with Crippen molar-refractivity contribution in [2.45, 2.75) is 0 Å². The van der Waals surface area contributed by atoms with E-state index < -0.39 is 0 Å². The largest absolute Gasteiger partial charge is 0.497 e. The molecule has 0 fully saturated rings. The van der Waals surface area contributed by atoms with Crippen LogP contribution >= 0.6 is 0 Å². The first-order valence-electron chi connectivity index (χ1n) is 8.89. The molecule has 27 heavy (non-hydrogen) atoms. The number of ether oxygens (including phenoxy) is 3. The summed E-state index contributed by atoms with van der Waals surface area (Å²) in [5.41, 5.74) is 4.59. The van der Waals surface area contributed by atoms with Gasteiger partial charge in [0.05, 0.1) is 7.11 Å². The van der Waals surface area contributed by atoms with Crippen LogP contribution < -0.4 is 14.2 Å². The summed E-state index contributed by atoms with van der Waals surface area (Å²) in [6.45, 7) is 0.280. The SMILES string of the molecule is COc1ccc(-c2cc3ccccc3cc2-c2ccc3c(c2)OCO3)cc1. The molecule has 5 rings (SSSR count). The highest BCUT2D eigenvalue weighted by Gasteiger charge is 2.16. The van der Waals surface area contributed by atoms with E-state index in [0.717, 1.165) is 33.9 Å². The minimum Gasteiger partial charge on any atom is -0.497 e. The van der Waals surface area contributed by atoms with E-state index in [4.69, 9.17) is 14.2 Å². The number of methoxy groups -OCH3 is 1. The maximum atomic E-state index is 5.59. The Hall–Kier alpha value is -3.46. The van der Waals surface area contributed by atoms with Gasteiger partial charge in [0.2, 0.25) is 6.79 Å². The second kappa shape index (κ2) is 6.36. The van der Waals surface area contributed by atoms with Gasteiger partial charge in [0, 0.05) is 0 Å². The second-order valence-corrected chi connectivity index (χ2v) is 6.54. The molecule has 4 aromatic rings. The number of hydrogen-bond acceptors (Lipinski definition) is 3. The molecule has 3 heteroatoms. The second-order valence-electron chi connectivity index (χ2n) is 6.54. The molecule has 0 aliphatic carbocycles. The number of hydrogen-bond donors (Lipinski definition) is 0. The van der Waals surface area contributed by atoms with Crippen LogP contribution in [0.5, 0.6) is 17.2 Å². The quantitative estimate of drug-likeness (QED) is 0.458. The van der Waals surface area contributed by atoms with Crippen molar-refractivity contribution in [3.63, 3.8) is 0 Å². The van der Waals surface area contributed by atoms with E-state index in [0.29, 0.717) is 0 Å². The van der Waals surface area contributed by atoms with E-state index in [-0.39, 0.29) is 6.79 Å². The normalized spacial score (nSPS) is 12.3. The summed E-state index contributed by atoms with van der Waals surface area (Å²) in [5.74, 6) is 2.44. The van der Waals surface area contributed by atoms with Crippen molar-refractivity contribution in [3.8, 4) is 39.5 Å². The predicted molar refractivity (Wildman–Crippen MR) is 107 cm³/mol. The zero-order valence-corrected chi connectivity index (χ0v) is 14.9. The fourth-order valence-corrected chi connectivity index (χ4v) is 3.55. The Morgan fingerprint density at radius 2 is 1.30 bits per heavy atom. The van der Waals surface area contributed by atoms with Crippen LogP contribution in [0.3, 0.4) is 0 Å². The Bertz CT molecular complexity index is 1130. The molecule has 1 aliphatic heterocycles. The highest BCUT2D eigenvalue weighted by Crippen LogP contribution is 2.41. The molecule has 132 valence electrons. The van der Waals surface area contributed by atoms with Crippen LogP contribution in [-0.4, -0.2) is 13.9 Å². The summed E-state index contributed by atoms with van der Waals surface area (Å²) in [7, 11) is 1.68. The Kier molecular flexibility index (Phi) is 3.72. The molecular formula is C24H18O3. The predicted octanol–water partition coefficient (Wildman–Crippen LogP) is 5.91. The topological polar surface area (TPSA) is 27.7 Å². The zero-order valence-electron chi connectivity index (χ0n) is 14.9. The van der Waals surface area contributed by atoms with Gasteiger partial charge in [-0.05, 0) is 69.4 Å². The lowest BCUT2D eigenvalue weighted by Crippen LogP contribution is -1.92. The molecule has 1 aliphatic rings. The van der Waals surface area contributed by atoms with Crippen LogP contribution in [0.25, 0.3) is 33.0 Å². The maximum absolute atomic E-state index is 5.59. The van der Waals surface area contributed by atoms with Gasteiger partial charge in [-0.3, -0.25) is 0 Å². The van der Waals surface area contributed by atoms with Gasteiger partial charge in [0.1, 0.15) is 5.75 Å². The third-order valence-electron chi connectivity index (χ3n) is 4.97. The summed E-state index contributed by atoms with van der Waals surface area (Å²) < 4.78 is 16.4. The van der Waals surface area contributed by atoms with Crippen LogP contribution in [-0.2, 0) is 0 Å². The minimum atomic E-state index is 0.280. The molecule has 0 aromatic heterocycles. The Morgan fingerprint density at radius 3 is 2.00 bits per heavy atom. The fraction of sp³-hybridized carbons (Fsp3) is 0.0833. The minimum absolute atomic E-state index is 0.280. The first-order valence-corrected chi connectivity index (χ1v) is 8.89. The van der Waals surface area contributed by atoms with Gasteiger partial charge in [-0.15, -0.1) is 0 Å². The molecule has 3 nitrogen and oxygen atoms in total. The standard InChI is InChI=1S/C24H18O3/c1-25-20-9-6-16(7-10-20)21-12-17-4-2-3-5-18(17)13-22(21)19-8-11-23-24(14-19)27-15-26-23/h2-14H,15H2,1H3. The average molecular weight is 354 g/mol. The van der Waals surface area contributed by atoms with Gasteiger partial charge in [-0.1, -0.05) is 42.5 Å². The van der Waals surface area contributed by atoms with E-state index in [1.54, 1.807) is 7.11 Å². The van der Waals surface area contributed by atoms with Crippen molar-refractivity contribution in [2.24, 2.45) is 0 Å². The summed E-state index contributed by atoms with van der Waals surface area (Å²) >= 11 is 0. The van der Waals surface area contributed by atoms with Crippen LogP contribution in [0.2, 0.25) is 0 Å². The van der Waals surface area contributed by atoms with E-state index in [1.807, 2.05) is 18.2 Å². The van der Waals surface area contributed by atoms with E-state index in [2.05, 4.69) is 60.7 Å². The third-order valence-corrected chi connectivity index (χ3v) is 4.97. The lowest BCUT2D eigenvalue weighted by atomic mass is 9.91.